The molecule has 164 valence electrons. The third-order valence-electron chi connectivity index (χ3n) is 5.00. The lowest BCUT2D eigenvalue weighted by Crippen LogP contribution is -2.59. The number of hydrogen-bond donors (Lipinski definition) is 1. The molecule has 0 aromatic carbocycles. The van der Waals surface area contributed by atoms with Crippen LogP contribution in [0.5, 0.6) is 0 Å². The van der Waals surface area contributed by atoms with E-state index < -0.39 is 12.1 Å². The standard InChI is InChI=1S/C17H17N5O2.C2HF3O2/c23-15(13-2-1-4-18-8-13)21-7-3-17(10-21)11-22(12-17)16(24)14-9-19-5-6-20-14;3-2(4,5)1(6)7/h1-2,4-6,8-9H,3,7,10-12H2;(H,6,7). The van der Waals surface area contributed by atoms with Gasteiger partial charge in [-0.3, -0.25) is 19.6 Å². The fraction of sp³-hybridized carbons (Fsp3) is 0.368. The van der Waals surface area contributed by atoms with E-state index in [9.17, 15) is 22.8 Å². The lowest BCUT2D eigenvalue weighted by atomic mass is 9.79. The van der Waals surface area contributed by atoms with Crippen molar-refractivity contribution in [2.45, 2.75) is 12.6 Å². The minimum atomic E-state index is -5.08. The van der Waals surface area contributed by atoms with E-state index in [0.29, 0.717) is 30.9 Å². The number of carboxylic acid groups (broad SMARTS) is 1. The average molecular weight is 437 g/mol. The van der Waals surface area contributed by atoms with Crippen LogP contribution in [0.4, 0.5) is 13.2 Å². The van der Waals surface area contributed by atoms with Crippen molar-refractivity contribution >= 4 is 17.8 Å². The van der Waals surface area contributed by atoms with Crippen molar-refractivity contribution in [3.05, 3.63) is 54.4 Å². The lowest BCUT2D eigenvalue weighted by molar-refractivity contribution is -0.192. The number of alkyl halides is 3. The number of carbonyl (C=O) groups excluding carboxylic acids is 2. The van der Waals surface area contributed by atoms with Crippen LogP contribution in [0.1, 0.15) is 27.3 Å². The highest BCUT2D eigenvalue weighted by Gasteiger charge is 2.50. The van der Waals surface area contributed by atoms with E-state index in [1.165, 1.54) is 12.4 Å². The molecule has 2 aromatic heterocycles. The Morgan fingerprint density at radius 3 is 2.16 bits per heavy atom. The second kappa shape index (κ2) is 8.66. The van der Waals surface area contributed by atoms with Gasteiger partial charge in [-0.15, -0.1) is 0 Å². The maximum absolute atomic E-state index is 12.5. The molecule has 1 spiro atoms. The molecule has 2 aliphatic rings. The minimum Gasteiger partial charge on any atom is -0.475 e. The molecule has 0 aliphatic carbocycles. The van der Waals surface area contributed by atoms with Crippen LogP contribution in [0.2, 0.25) is 0 Å². The molecule has 2 aliphatic heterocycles. The van der Waals surface area contributed by atoms with E-state index in [0.717, 1.165) is 13.0 Å². The number of aromatic nitrogens is 3. The summed E-state index contributed by atoms with van der Waals surface area (Å²) in [6, 6.07) is 3.55. The van der Waals surface area contributed by atoms with Gasteiger partial charge in [-0.05, 0) is 18.6 Å². The molecule has 2 fully saturated rings. The van der Waals surface area contributed by atoms with Crippen molar-refractivity contribution in [2.24, 2.45) is 5.41 Å². The Hall–Kier alpha value is -3.57. The van der Waals surface area contributed by atoms with Crippen molar-refractivity contribution < 1.29 is 32.7 Å². The second-order valence-electron chi connectivity index (χ2n) is 7.27. The van der Waals surface area contributed by atoms with Gasteiger partial charge < -0.3 is 14.9 Å². The quantitative estimate of drug-likeness (QED) is 0.757. The van der Waals surface area contributed by atoms with Gasteiger partial charge >= 0.3 is 12.1 Å². The zero-order valence-electron chi connectivity index (χ0n) is 16.1. The molecule has 9 nitrogen and oxygen atoms in total. The molecule has 31 heavy (non-hydrogen) atoms. The van der Waals surface area contributed by atoms with Gasteiger partial charge in [0, 0.05) is 56.4 Å². The van der Waals surface area contributed by atoms with Gasteiger partial charge in [0.25, 0.3) is 11.8 Å². The first kappa shape index (κ1) is 22.1. The average Bonchev–Trinajstić information content (AvgIpc) is 3.18. The van der Waals surface area contributed by atoms with Crippen molar-refractivity contribution in [1.29, 1.82) is 0 Å². The Labute approximate surface area is 174 Å². The Morgan fingerprint density at radius 2 is 1.61 bits per heavy atom. The Morgan fingerprint density at radius 1 is 0.968 bits per heavy atom. The predicted molar refractivity (Wildman–Crippen MR) is 98.8 cm³/mol. The number of amides is 2. The molecular formula is C19H18F3N5O4. The Balaban J connectivity index is 0.000000339. The number of nitrogens with zero attached hydrogens (tertiary/aromatic N) is 5. The number of hydrogen-bond acceptors (Lipinski definition) is 6. The third-order valence-corrected chi connectivity index (χ3v) is 5.00. The molecule has 2 aromatic rings. The van der Waals surface area contributed by atoms with Crippen LogP contribution in [-0.4, -0.2) is 80.0 Å². The molecule has 1 N–H and O–H groups in total. The van der Waals surface area contributed by atoms with Gasteiger partial charge in [0.2, 0.25) is 0 Å². The van der Waals surface area contributed by atoms with Crippen LogP contribution < -0.4 is 0 Å². The summed E-state index contributed by atoms with van der Waals surface area (Å²) in [6.07, 6.45) is 3.64. The summed E-state index contributed by atoms with van der Waals surface area (Å²) in [7, 11) is 0. The largest absolute Gasteiger partial charge is 0.490 e. The van der Waals surface area contributed by atoms with Crippen molar-refractivity contribution in [3.63, 3.8) is 0 Å². The van der Waals surface area contributed by atoms with Gasteiger partial charge in [0.1, 0.15) is 5.69 Å². The van der Waals surface area contributed by atoms with Crippen molar-refractivity contribution in [1.82, 2.24) is 24.8 Å². The number of halogens is 3. The number of carbonyl (C=O) groups is 3. The van der Waals surface area contributed by atoms with E-state index in [-0.39, 0.29) is 17.2 Å². The molecular weight excluding hydrogens is 419 g/mol. The molecule has 0 unspecified atom stereocenters. The van der Waals surface area contributed by atoms with E-state index in [4.69, 9.17) is 9.90 Å². The molecule has 12 heteroatoms. The fourth-order valence-electron chi connectivity index (χ4n) is 3.52. The fourth-order valence-corrected chi connectivity index (χ4v) is 3.52. The predicted octanol–water partition coefficient (Wildman–Crippen LogP) is 1.49. The zero-order chi connectivity index (χ0) is 22.6. The Bertz CT molecular complexity index is 950. The van der Waals surface area contributed by atoms with Gasteiger partial charge in [-0.1, -0.05) is 0 Å². The first-order valence-electron chi connectivity index (χ1n) is 9.16. The molecule has 2 saturated heterocycles. The number of pyridine rings is 1. The first-order chi connectivity index (χ1) is 14.6. The number of likely N-dealkylation sites (tertiary alicyclic amines) is 2. The van der Waals surface area contributed by atoms with Gasteiger partial charge in [0.15, 0.2) is 0 Å². The van der Waals surface area contributed by atoms with Gasteiger partial charge in [-0.25, -0.2) is 9.78 Å². The smallest absolute Gasteiger partial charge is 0.475 e. The molecule has 0 bridgehead atoms. The highest BCUT2D eigenvalue weighted by molar-refractivity contribution is 5.94. The van der Waals surface area contributed by atoms with Crippen molar-refractivity contribution in [2.75, 3.05) is 26.2 Å². The normalized spacial score (nSPS) is 16.9. The summed E-state index contributed by atoms with van der Waals surface area (Å²) < 4.78 is 31.7. The molecule has 4 rings (SSSR count). The van der Waals surface area contributed by atoms with Crippen LogP contribution in [0.3, 0.4) is 0 Å². The summed E-state index contributed by atoms with van der Waals surface area (Å²) in [6.45, 7) is 2.74. The number of aliphatic carboxylic acids is 1. The second-order valence-corrected chi connectivity index (χ2v) is 7.27. The highest BCUT2D eigenvalue weighted by atomic mass is 19.4. The SMILES string of the molecule is O=C(O)C(F)(F)F.O=C(c1cccnc1)N1CCC2(C1)CN(C(=O)c1cnccn1)C2. The molecule has 0 saturated carbocycles. The van der Waals surface area contributed by atoms with Crippen LogP contribution in [0.15, 0.2) is 43.1 Å². The monoisotopic (exact) mass is 437 g/mol. The summed E-state index contributed by atoms with van der Waals surface area (Å²) in [4.78, 5) is 49.4. The Kier molecular flexibility index (Phi) is 6.18. The van der Waals surface area contributed by atoms with Crippen LogP contribution in [-0.2, 0) is 4.79 Å². The molecule has 0 radical (unpaired) electrons. The molecule has 0 atom stereocenters. The number of carboxylic acids is 1. The van der Waals surface area contributed by atoms with Crippen LogP contribution >= 0.6 is 0 Å². The highest BCUT2D eigenvalue weighted by Crippen LogP contribution is 2.40. The lowest BCUT2D eigenvalue weighted by Gasteiger charge is -2.47. The first-order valence-corrected chi connectivity index (χ1v) is 9.16. The summed E-state index contributed by atoms with van der Waals surface area (Å²) in [5.41, 5.74) is 1.01. The van der Waals surface area contributed by atoms with E-state index >= 15 is 0 Å². The maximum Gasteiger partial charge on any atom is 0.490 e. The van der Waals surface area contributed by atoms with E-state index in [2.05, 4.69) is 15.0 Å². The maximum atomic E-state index is 12.5. The number of rotatable bonds is 2. The van der Waals surface area contributed by atoms with E-state index in [1.807, 2.05) is 4.90 Å². The topological polar surface area (TPSA) is 117 Å². The molecule has 4 heterocycles. The van der Waals surface area contributed by atoms with Crippen molar-refractivity contribution in [3.8, 4) is 0 Å². The van der Waals surface area contributed by atoms with Gasteiger partial charge in [-0.2, -0.15) is 13.2 Å². The zero-order valence-corrected chi connectivity index (χ0v) is 16.1. The van der Waals surface area contributed by atoms with Crippen LogP contribution in [0.25, 0.3) is 0 Å². The summed E-state index contributed by atoms with van der Waals surface area (Å²) in [5.74, 6) is -2.84. The summed E-state index contributed by atoms with van der Waals surface area (Å²) >= 11 is 0. The van der Waals surface area contributed by atoms with Crippen LogP contribution in [0, 0.1) is 5.41 Å². The van der Waals surface area contributed by atoms with E-state index in [1.54, 1.807) is 35.6 Å². The third kappa shape index (κ3) is 5.13. The van der Waals surface area contributed by atoms with Gasteiger partial charge in [0.05, 0.1) is 11.8 Å². The minimum absolute atomic E-state index is 0.0127. The molecule has 2 amide bonds. The summed E-state index contributed by atoms with van der Waals surface area (Å²) in [5, 5.41) is 7.12.